The molecule has 0 amide bonds. The largest absolute Gasteiger partial charge is 0.495 e. The third kappa shape index (κ3) is 3.34. The molecule has 7 heteroatoms. The zero-order valence-corrected chi connectivity index (χ0v) is 16.3. The van der Waals surface area contributed by atoms with Crippen molar-refractivity contribution >= 4 is 38.9 Å². The molecule has 0 aliphatic heterocycles. The lowest BCUT2D eigenvalue weighted by atomic mass is 10.1. The number of aryl methyl sites for hydroxylation is 2. The number of rotatable bonds is 5. The van der Waals surface area contributed by atoms with E-state index in [0.29, 0.717) is 11.4 Å². The second kappa shape index (κ2) is 7.21. The molecule has 2 aromatic rings. The van der Waals surface area contributed by atoms with E-state index in [4.69, 9.17) is 27.9 Å². The standard InChI is InChI=1S/C17H19Cl2NO3S/c1-5-20(13-7-6-11(2)10-12(13)3)24(21,22)15-9-8-14(23-4)16(18)17(15)19/h6-10H,5H2,1-4H3. The smallest absolute Gasteiger partial charge is 0.265 e. The first kappa shape index (κ1) is 18.9. The molecule has 0 saturated carbocycles. The van der Waals surface area contributed by atoms with E-state index in [0.717, 1.165) is 11.1 Å². The number of ether oxygens (including phenoxy) is 1. The Morgan fingerprint density at radius 1 is 1.08 bits per heavy atom. The van der Waals surface area contributed by atoms with E-state index in [-0.39, 0.29) is 21.5 Å². The highest BCUT2D eigenvalue weighted by molar-refractivity contribution is 7.93. The molecule has 0 aliphatic rings. The molecule has 2 rings (SSSR count). The molecule has 0 unspecified atom stereocenters. The lowest BCUT2D eigenvalue weighted by molar-refractivity contribution is 0.414. The summed E-state index contributed by atoms with van der Waals surface area (Å²) in [5, 5.41) is 0.0381. The fourth-order valence-corrected chi connectivity index (χ4v) is 4.90. The number of anilines is 1. The van der Waals surface area contributed by atoms with Crippen LogP contribution in [0.2, 0.25) is 10.0 Å². The predicted molar refractivity (Wildman–Crippen MR) is 99.1 cm³/mol. The average Bonchev–Trinajstić information content (AvgIpc) is 2.52. The van der Waals surface area contributed by atoms with Crippen molar-refractivity contribution in [3.8, 4) is 5.75 Å². The van der Waals surface area contributed by atoms with Crippen molar-refractivity contribution in [1.29, 1.82) is 0 Å². The summed E-state index contributed by atoms with van der Waals surface area (Å²) in [5.41, 5.74) is 2.55. The van der Waals surface area contributed by atoms with Crippen LogP contribution in [0, 0.1) is 13.8 Å². The molecular weight excluding hydrogens is 369 g/mol. The molecule has 0 radical (unpaired) electrons. The summed E-state index contributed by atoms with van der Waals surface area (Å²) in [6, 6.07) is 8.52. The molecule has 0 heterocycles. The Balaban J connectivity index is 2.61. The van der Waals surface area contributed by atoms with Gasteiger partial charge in [0.1, 0.15) is 15.7 Å². The number of halogens is 2. The van der Waals surface area contributed by atoms with Gasteiger partial charge < -0.3 is 4.74 Å². The van der Waals surface area contributed by atoms with Crippen LogP contribution in [-0.4, -0.2) is 22.1 Å². The lowest BCUT2D eigenvalue weighted by Crippen LogP contribution is -2.31. The van der Waals surface area contributed by atoms with E-state index >= 15 is 0 Å². The van der Waals surface area contributed by atoms with Crippen molar-refractivity contribution in [3.63, 3.8) is 0 Å². The van der Waals surface area contributed by atoms with Crippen molar-refractivity contribution < 1.29 is 13.2 Å². The average molecular weight is 388 g/mol. The van der Waals surface area contributed by atoms with Gasteiger partial charge in [0, 0.05) is 6.54 Å². The van der Waals surface area contributed by atoms with Crippen molar-refractivity contribution in [2.24, 2.45) is 0 Å². The SMILES string of the molecule is CCN(c1ccc(C)cc1C)S(=O)(=O)c1ccc(OC)c(Cl)c1Cl. The van der Waals surface area contributed by atoms with Gasteiger partial charge in [0.05, 0.1) is 17.8 Å². The van der Waals surface area contributed by atoms with Gasteiger partial charge in [0.2, 0.25) is 0 Å². The lowest BCUT2D eigenvalue weighted by Gasteiger charge is -2.25. The second-order valence-electron chi connectivity index (χ2n) is 5.35. The van der Waals surface area contributed by atoms with Crippen LogP contribution in [-0.2, 0) is 10.0 Å². The molecule has 0 atom stereocenters. The van der Waals surface area contributed by atoms with Gasteiger partial charge in [-0.1, -0.05) is 40.9 Å². The van der Waals surface area contributed by atoms with Gasteiger partial charge in [0.15, 0.2) is 0 Å². The molecule has 2 aromatic carbocycles. The van der Waals surface area contributed by atoms with Gasteiger partial charge in [-0.2, -0.15) is 0 Å². The quantitative estimate of drug-likeness (QED) is 0.737. The van der Waals surface area contributed by atoms with Gasteiger partial charge in [0.25, 0.3) is 10.0 Å². The highest BCUT2D eigenvalue weighted by atomic mass is 35.5. The van der Waals surface area contributed by atoms with Crippen molar-refractivity contribution in [2.75, 3.05) is 18.0 Å². The number of methoxy groups -OCH3 is 1. The minimum atomic E-state index is -3.86. The number of benzene rings is 2. The maximum atomic E-state index is 13.1. The highest BCUT2D eigenvalue weighted by Gasteiger charge is 2.29. The van der Waals surface area contributed by atoms with Gasteiger partial charge >= 0.3 is 0 Å². The summed E-state index contributed by atoms with van der Waals surface area (Å²) in [5.74, 6) is 0.329. The summed E-state index contributed by atoms with van der Waals surface area (Å²) < 4.78 is 32.6. The Morgan fingerprint density at radius 2 is 1.75 bits per heavy atom. The monoisotopic (exact) mass is 387 g/mol. The summed E-state index contributed by atoms with van der Waals surface area (Å²) in [6.45, 7) is 5.88. The van der Waals surface area contributed by atoms with E-state index in [2.05, 4.69) is 0 Å². The van der Waals surface area contributed by atoms with Crippen LogP contribution >= 0.6 is 23.2 Å². The molecule has 0 aliphatic carbocycles. The first-order chi connectivity index (χ1) is 11.2. The molecule has 0 N–H and O–H groups in total. The molecular formula is C17H19Cl2NO3S. The number of hydrogen-bond donors (Lipinski definition) is 0. The molecule has 0 aromatic heterocycles. The van der Waals surface area contributed by atoms with Gasteiger partial charge in [-0.15, -0.1) is 0 Å². The normalized spacial score (nSPS) is 11.4. The van der Waals surface area contributed by atoms with Crippen LogP contribution in [0.15, 0.2) is 35.2 Å². The van der Waals surface area contributed by atoms with E-state index in [1.165, 1.54) is 23.5 Å². The molecule has 0 spiro atoms. The Hall–Kier alpha value is -1.43. The third-order valence-corrected chi connectivity index (χ3v) is 6.62. The minimum absolute atomic E-state index is 0.0424. The van der Waals surface area contributed by atoms with E-state index in [1.807, 2.05) is 26.0 Å². The molecule has 4 nitrogen and oxygen atoms in total. The molecule has 0 bridgehead atoms. The van der Waals surface area contributed by atoms with Crippen LogP contribution in [0.1, 0.15) is 18.1 Å². The van der Waals surface area contributed by atoms with Crippen molar-refractivity contribution in [3.05, 3.63) is 51.5 Å². The first-order valence-electron chi connectivity index (χ1n) is 7.36. The van der Waals surface area contributed by atoms with Crippen LogP contribution in [0.4, 0.5) is 5.69 Å². The summed E-state index contributed by atoms with van der Waals surface area (Å²) in [7, 11) is -2.41. The maximum Gasteiger partial charge on any atom is 0.265 e. The van der Waals surface area contributed by atoms with Crippen LogP contribution in [0.25, 0.3) is 0 Å². The zero-order chi connectivity index (χ0) is 18.1. The summed E-state index contributed by atoms with van der Waals surface area (Å²) >= 11 is 12.3. The van der Waals surface area contributed by atoms with Crippen molar-refractivity contribution in [1.82, 2.24) is 0 Å². The predicted octanol–water partition coefficient (Wildman–Crippen LogP) is 4.83. The minimum Gasteiger partial charge on any atom is -0.495 e. The molecule has 130 valence electrons. The van der Waals surface area contributed by atoms with Crippen molar-refractivity contribution in [2.45, 2.75) is 25.7 Å². The molecule has 0 saturated heterocycles. The fraction of sp³-hybridized carbons (Fsp3) is 0.294. The van der Waals surface area contributed by atoms with Gasteiger partial charge in [-0.05, 0) is 44.5 Å². The number of nitrogens with zero attached hydrogens (tertiary/aromatic N) is 1. The Kier molecular flexibility index (Phi) is 5.68. The van der Waals surface area contributed by atoms with E-state index < -0.39 is 10.0 Å². The third-order valence-electron chi connectivity index (χ3n) is 3.71. The Labute approximate surface area is 153 Å². The zero-order valence-electron chi connectivity index (χ0n) is 13.9. The second-order valence-corrected chi connectivity index (χ2v) is 7.94. The maximum absolute atomic E-state index is 13.1. The summed E-state index contributed by atoms with van der Waals surface area (Å²) in [4.78, 5) is -0.0446. The summed E-state index contributed by atoms with van der Waals surface area (Å²) in [6.07, 6.45) is 0. The highest BCUT2D eigenvalue weighted by Crippen LogP contribution is 2.38. The molecule has 24 heavy (non-hydrogen) atoms. The topological polar surface area (TPSA) is 46.6 Å². The van der Waals surface area contributed by atoms with Crippen LogP contribution in [0.3, 0.4) is 0 Å². The molecule has 0 fully saturated rings. The van der Waals surface area contributed by atoms with Crippen LogP contribution in [0.5, 0.6) is 5.75 Å². The fourth-order valence-electron chi connectivity index (χ4n) is 2.54. The van der Waals surface area contributed by atoms with Gasteiger partial charge in [-0.25, -0.2) is 8.42 Å². The Morgan fingerprint density at radius 3 is 2.29 bits per heavy atom. The number of sulfonamides is 1. The van der Waals surface area contributed by atoms with Gasteiger partial charge in [-0.3, -0.25) is 4.31 Å². The first-order valence-corrected chi connectivity index (χ1v) is 9.55. The van der Waals surface area contributed by atoms with Crippen LogP contribution < -0.4 is 9.04 Å². The Bertz CT molecular complexity index is 866. The number of hydrogen-bond acceptors (Lipinski definition) is 3. The van der Waals surface area contributed by atoms with E-state index in [9.17, 15) is 8.42 Å². The van der Waals surface area contributed by atoms with E-state index in [1.54, 1.807) is 13.0 Å².